The van der Waals surface area contributed by atoms with E-state index in [0.717, 1.165) is 36.8 Å². The Morgan fingerprint density at radius 1 is 1.17 bits per heavy atom. The number of aryl methyl sites for hydroxylation is 1. The highest BCUT2D eigenvalue weighted by molar-refractivity contribution is 5.98. The second-order valence-corrected chi connectivity index (χ2v) is 6.38. The fraction of sp³-hybridized carbons (Fsp3) is 0.316. The molecule has 1 aromatic heterocycles. The summed E-state index contributed by atoms with van der Waals surface area (Å²) < 4.78 is 0. The summed E-state index contributed by atoms with van der Waals surface area (Å²) in [5, 5.41) is 12.3. The topological polar surface area (TPSA) is 79.3 Å². The normalized spacial score (nSPS) is 15.9. The Bertz CT molecular complexity index is 765. The van der Waals surface area contributed by atoms with E-state index in [1.807, 2.05) is 12.1 Å². The number of hydrogen-bond acceptors (Lipinski definition) is 3. The predicted molar refractivity (Wildman–Crippen MR) is 90.0 cm³/mol. The Morgan fingerprint density at radius 2 is 1.88 bits per heavy atom. The van der Waals surface area contributed by atoms with Crippen molar-refractivity contribution in [2.45, 2.75) is 38.1 Å². The summed E-state index contributed by atoms with van der Waals surface area (Å²) in [6.07, 6.45) is 7.33. The lowest BCUT2D eigenvalue weighted by Gasteiger charge is -2.30. The van der Waals surface area contributed by atoms with Gasteiger partial charge in [-0.2, -0.15) is 0 Å². The quantitative estimate of drug-likeness (QED) is 0.904. The van der Waals surface area contributed by atoms with Crippen LogP contribution in [0.4, 0.5) is 0 Å². The Labute approximate surface area is 140 Å². The SMILES string of the molecule is Cc1cc(C(=O)O)cc(C(=O)NC2(c3cccnc3)CCCC2)c1. The van der Waals surface area contributed by atoms with Crippen LogP contribution >= 0.6 is 0 Å². The summed E-state index contributed by atoms with van der Waals surface area (Å²) in [4.78, 5) is 28.2. The molecule has 2 N–H and O–H groups in total. The summed E-state index contributed by atoms with van der Waals surface area (Å²) in [6.45, 7) is 1.79. The van der Waals surface area contributed by atoms with Gasteiger partial charge in [0.25, 0.3) is 5.91 Å². The molecule has 124 valence electrons. The third-order valence-corrected chi connectivity index (χ3v) is 4.61. The fourth-order valence-electron chi connectivity index (χ4n) is 3.44. The number of pyridine rings is 1. The van der Waals surface area contributed by atoms with Crippen LogP contribution in [0.15, 0.2) is 42.7 Å². The van der Waals surface area contributed by atoms with Gasteiger partial charge in [0.05, 0.1) is 11.1 Å². The van der Waals surface area contributed by atoms with Gasteiger partial charge < -0.3 is 10.4 Å². The highest BCUT2D eigenvalue weighted by Crippen LogP contribution is 2.38. The largest absolute Gasteiger partial charge is 0.478 e. The first-order valence-electron chi connectivity index (χ1n) is 8.08. The standard InChI is InChI=1S/C19H20N2O3/c1-13-9-14(11-15(10-13)18(23)24)17(22)21-19(6-2-3-7-19)16-5-4-8-20-12-16/h4-5,8-12H,2-3,6-7H2,1H3,(H,21,22)(H,23,24). The van der Waals surface area contributed by atoms with Crippen molar-refractivity contribution in [1.82, 2.24) is 10.3 Å². The molecule has 1 fully saturated rings. The van der Waals surface area contributed by atoms with Crippen LogP contribution in [0.3, 0.4) is 0 Å². The van der Waals surface area contributed by atoms with Gasteiger partial charge in [0.1, 0.15) is 0 Å². The van der Waals surface area contributed by atoms with Gasteiger partial charge in [-0.1, -0.05) is 18.9 Å². The highest BCUT2D eigenvalue weighted by atomic mass is 16.4. The van der Waals surface area contributed by atoms with Crippen LogP contribution in [-0.4, -0.2) is 22.0 Å². The lowest BCUT2D eigenvalue weighted by atomic mass is 9.89. The maximum absolute atomic E-state index is 12.8. The second-order valence-electron chi connectivity index (χ2n) is 6.38. The van der Waals surface area contributed by atoms with Gasteiger partial charge >= 0.3 is 5.97 Å². The minimum absolute atomic E-state index is 0.127. The zero-order valence-electron chi connectivity index (χ0n) is 13.6. The average Bonchev–Trinajstić information content (AvgIpc) is 3.04. The number of aromatic carboxylic acids is 1. The number of carboxylic acid groups (broad SMARTS) is 1. The van der Waals surface area contributed by atoms with Crippen molar-refractivity contribution in [2.24, 2.45) is 0 Å². The van der Waals surface area contributed by atoms with Crippen LogP contribution in [0.1, 0.15) is 57.5 Å². The maximum atomic E-state index is 12.8. The van der Waals surface area contributed by atoms with Crippen LogP contribution in [0.2, 0.25) is 0 Å². The number of hydrogen-bond donors (Lipinski definition) is 2. The van der Waals surface area contributed by atoms with E-state index in [-0.39, 0.29) is 11.5 Å². The van der Waals surface area contributed by atoms with E-state index in [9.17, 15) is 14.7 Å². The van der Waals surface area contributed by atoms with Gasteiger partial charge in [0, 0.05) is 18.0 Å². The molecular weight excluding hydrogens is 304 g/mol. The number of rotatable bonds is 4. The van der Waals surface area contributed by atoms with Crippen LogP contribution in [0.25, 0.3) is 0 Å². The predicted octanol–water partition coefficient (Wildman–Crippen LogP) is 3.29. The van der Waals surface area contributed by atoms with Gasteiger partial charge in [0.15, 0.2) is 0 Å². The number of carbonyl (C=O) groups excluding carboxylic acids is 1. The monoisotopic (exact) mass is 324 g/mol. The Kier molecular flexibility index (Phi) is 4.34. The summed E-state index contributed by atoms with van der Waals surface area (Å²) >= 11 is 0. The minimum atomic E-state index is -1.03. The van der Waals surface area contributed by atoms with Gasteiger partial charge in [-0.3, -0.25) is 9.78 Å². The molecule has 0 spiro atoms. The van der Waals surface area contributed by atoms with Crippen LogP contribution in [-0.2, 0) is 5.54 Å². The smallest absolute Gasteiger partial charge is 0.335 e. The van der Waals surface area contributed by atoms with Gasteiger partial charge in [-0.25, -0.2) is 4.79 Å². The van der Waals surface area contributed by atoms with Crippen molar-refractivity contribution in [2.75, 3.05) is 0 Å². The number of nitrogens with zero attached hydrogens (tertiary/aromatic N) is 1. The van der Waals surface area contributed by atoms with Gasteiger partial charge in [-0.15, -0.1) is 0 Å². The van der Waals surface area contributed by atoms with Crippen molar-refractivity contribution < 1.29 is 14.7 Å². The van der Waals surface area contributed by atoms with E-state index < -0.39 is 11.5 Å². The van der Waals surface area contributed by atoms with E-state index in [1.165, 1.54) is 6.07 Å². The molecule has 0 unspecified atom stereocenters. The number of nitrogens with one attached hydrogen (secondary N) is 1. The molecule has 0 radical (unpaired) electrons. The Morgan fingerprint density at radius 3 is 2.50 bits per heavy atom. The molecule has 1 amide bonds. The van der Waals surface area contributed by atoms with E-state index in [2.05, 4.69) is 10.3 Å². The summed E-state index contributed by atoms with van der Waals surface area (Å²) in [5.74, 6) is -1.28. The molecule has 1 heterocycles. The second kappa shape index (κ2) is 6.43. The molecule has 0 atom stereocenters. The molecule has 1 aliphatic carbocycles. The molecule has 2 aromatic rings. The van der Waals surface area contributed by atoms with Crippen molar-refractivity contribution >= 4 is 11.9 Å². The number of benzene rings is 1. The molecule has 3 rings (SSSR count). The zero-order chi connectivity index (χ0) is 17.2. The highest BCUT2D eigenvalue weighted by Gasteiger charge is 2.37. The summed E-state index contributed by atoms with van der Waals surface area (Å²) in [6, 6.07) is 8.56. The lowest BCUT2D eigenvalue weighted by Crippen LogP contribution is -2.44. The number of amides is 1. The van der Waals surface area contributed by atoms with E-state index in [0.29, 0.717) is 5.56 Å². The first-order valence-corrected chi connectivity index (χ1v) is 8.08. The van der Waals surface area contributed by atoms with E-state index >= 15 is 0 Å². The van der Waals surface area contributed by atoms with Crippen molar-refractivity contribution in [3.63, 3.8) is 0 Å². The van der Waals surface area contributed by atoms with Crippen molar-refractivity contribution in [3.8, 4) is 0 Å². The summed E-state index contributed by atoms with van der Waals surface area (Å²) in [7, 11) is 0. The zero-order valence-corrected chi connectivity index (χ0v) is 13.6. The van der Waals surface area contributed by atoms with Crippen LogP contribution in [0, 0.1) is 6.92 Å². The third kappa shape index (κ3) is 3.15. The van der Waals surface area contributed by atoms with Crippen molar-refractivity contribution in [3.05, 3.63) is 65.0 Å². The first-order chi connectivity index (χ1) is 11.5. The van der Waals surface area contributed by atoms with Crippen LogP contribution in [0.5, 0.6) is 0 Å². The Balaban J connectivity index is 1.91. The number of carboxylic acids is 1. The van der Waals surface area contributed by atoms with Gasteiger partial charge in [0.2, 0.25) is 0 Å². The van der Waals surface area contributed by atoms with Crippen LogP contribution < -0.4 is 5.32 Å². The Hall–Kier alpha value is -2.69. The molecule has 1 aliphatic rings. The molecule has 0 bridgehead atoms. The van der Waals surface area contributed by atoms with Gasteiger partial charge in [-0.05, 0) is 55.2 Å². The molecule has 24 heavy (non-hydrogen) atoms. The summed E-state index contributed by atoms with van der Waals surface area (Å²) in [5.41, 5.74) is 1.84. The lowest BCUT2D eigenvalue weighted by molar-refractivity contribution is 0.0696. The third-order valence-electron chi connectivity index (χ3n) is 4.61. The molecule has 0 saturated heterocycles. The molecule has 0 aliphatic heterocycles. The molecular formula is C19H20N2O3. The maximum Gasteiger partial charge on any atom is 0.335 e. The van der Waals surface area contributed by atoms with E-state index in [1.54, 1.807) is 31.5 Å². The molecule has 1 saturated carbocycles. The molecule has 1 aromatic carbocycles. The van der Waals surface area contributed by atoms with Crippen molar-refractivity contribution in [1.29, 1.82) is 0 Å². The molecule has 5 heteroatoms. The number of aromatic nitrogens is 1. The first kappa shape index (κ1) is 16.2. The van der Waals surface area contributed by atoms with E-state index in [4.69, 9.17) is 0 Å². The molecule has 5 nitrogen and oxygen atoms in total. The number of carbonyl (C=O) groups is 2. The fourth-order valence-corrected chi connectivity index (χ4v) is 3.44. The minimum Gasteiger partial charge on any atom is -0.478 e. The average molecular weight is 324 g/mol.